The van der Waals surface area contributed by atoms with Crippen molar-refractivity contribution in [3.8, 4) is 67.4 Å². The third-order valence-electron chi connectivity index (χ3n) is 15.3. The average Bonchev–Trinajstić information content (AvgIpc) is 4.24. The van der Waals surface area contributed by atoms with Crippen molar-refractivity contribution in [1.29, 1.82) is 0 Å². The van der Waals surface area contributed by atoms with Gasteiger partial charge in [-0.05, 0) is 177 Å². The van der Waals surface area contributed by atoms with Gasteiger partial charge in [0.15, 0.2) is 11.2 Å². The van der Waals surface area contributed by atoms with E-state index in [1.807, 2.05) is 35.6 Å². The predicted molar refractivity (Wildman–Crippen MR) is 315 cm³/mol. The van der Waals surface area contributed by atoms with Crippen LogP contribution >= 0.6 is 11.3 Å². The van der Waals surface area contributed by atoms with E-state index in [4.69, 9.17) is 18.8 Å². The van der Waals surface area contributed by atoms with Crippen molar-refractivity contribution in [2.24, 2.45) is 0 Å². The van der Waals surface area contributed by atoms with Crippen LogP contribution in [0.2, 0.25) is 0 Å². The lowest BCUT2D eigenvalue weighted by Crippen LogP contribution is -1.87. The van der Waals surface area contributed by atoms with Gasteiger partial charge in [0.1, 0.15) is 11.0 Å². The molecule has 0 bridgehead atoms. The summed E-state index contributed by atoms with van der Waals surface area (Å²) in [7, 11) is 0. The van der Waals surface area contributed by atoms with Crippen molar-refractivity contribution in [3.05, 3.63) is 243 Å². The lowest BCUT2D eigenvalue weighted by molar-refractivity contribution is 0.617. The molecule has 75 heavy (non-hydrogen) atoms. The summed E-state index contributed by atoms with van der Waals surface area (Å²) >= 11 is 1.86. The molecule has 16 aromatic rings. The van der Waals surface area contributed by atoms with E-state index in [0.29, 0.717) is 17.4 Å². The molecule has 16 rings (SSSR count). The van der Waals surface area contributed by atoms with Crippen LogP contribution < -0.4 is 0 Å². The zero-order valence-electron chi connectivity index (χ0n) is 40.2. The van der Waals surface area contributed by atoms with E-state index in [9.17, 15) is 0 Å². The third kappa shape index (κ3) is 6.90. The number of aromatic nitrogens is 2. The highest BCUT2D eigenvalue weighted by atomic mass is 32.1. The third-order valence-corrected chi connectivity index (χ3v) is 16.4. The maximum atomic E-state index is 6.75. The molecule has 0 fully saturated rings. The van der Waals surface area contributed by atoms with E-state index in [-0.39, 0.29) is 0 Å². The maximum absolute atomic E-state index is 6.75. The van der Waals surface area contributed by atoms with E-state index in [1.165, 1.54) is 96.3 Å². The zero-order chi connectivity index (χ0) is 49.1. The zero-order valence-corrected chi connectivity index (χ0v) is 41.0. The minimum atomic E-state index is 0.531. The van der Waals surface area contributed by atoms with E-state index >= 15 is 0 Å². The molecule has 0 aliphatic carbocycles. The Bertz CT molecular complexity index is 4980. The molecule has 0 N–H and O–H groups in total. The number of thiophene rings is 1. The minimum absolute atomic E-state index is 0.531. The molecule has 0 aliphatic heterocycles. The van der Waals surface area contributed by atoms with Crippen LogP contribution in [0.4, 0.5) is 0 Å². The molecule has 0 atom stereocenters. The summed E-state index contributed by atoms with van der Waals surface area (Å²) in [6.45, 7) is 0. The van der Waals surface area contributed by atoms with Crippen molar-refractivity contribution < 1.29 is 8.83 Å². The number of benzene rings is 13. The number of hydrogen-bond donors (Lipinski definition) is 0. The van der Waals surface area contributed by atoms with Crippen molar-refractivity contribution in [2.75, 3.05) is 0 Å². The van der Waals surface area contributed by atoms with Gasteiger partial charge >= 0.3 is 0 Å². The van der Waals surface area contributed by atoms with E-state index < -0.39 is 0 Å². The average molecular weight is 973 g/mol. The Morgan fingerprint density at radius 3 is 1.43 bits per heavy atom. The Labute approximate surface area is 434 Å². The first kappa shape index (κ1) is 41.9. The fraction of sp³-hybridized carbons (Fsp3) is 0. The van der Waals surface area contributed by atoms with Gasteiger partial charge in [-0.2, -0.15) is 0 Å². The lowest BCUT2D eigenvalue weighted by Gasteiger charge is -2.14. The molecule has 0 aliphatic rings. The Balaban J connectivity index is 0.768. The number of rotatable bonds is 6. The Kier molecular flexibility index (Phi) is 9.17. The number of para-hydroxylation sites is 2. The predicted octanol–water partition coefficient (Wildman–Crippen LogP) is 20.1. The molecule has 5 heteroatoms. The summed E-state index contributed by atoms with van der Waals surface area (Å²) in [5, 5.41) is 14.8. The second kappa shape index (κ2) is 16.4. The highest BCUT2D eigenvalue weighted by Crippen LogP contribution is 2.42. The van der Waals surface area contributed by atoms with Crippen molar-refractivity contribution >= 4 is 108 Å². The summed E-state index contributed by atoms with van der Waals surface area (Å²) in [4.78, 5) is 10.0. The highest BCUT2D eigenvalue weighted by Gasteiger charge is 2.18. The Hall–Kier alpha value is -9.68. The van der Waals surface area contributed by atoms with Gasteiger partial charge < -0.3 is 8.83 Å². The van der Waals surface area contributed by atoms with Crippen LogP contribution in [0.1, 0.15) is 0 Å². The molecule has 0 unspecified atom stereocenters. The Morgan fingerprint density at radius 1 is 0.240 bits per heavy atom. The van der Waals surface area contributed by atoms with E-state index in [0.717, 1.165) is 50.0 Å². The first-order chi connectivity index (χ1) is 37.1. The van der Waals surface area contributed by atoms with Gasteiger partial charge in [0.2, 0.25) is 11.8 Å². The molecule has 3 heterocycles. The van der Waals surface area contributed by atoms with Crippen molar-refractivity contribution in [1.82, 2.24) is 9.97 Å². The summed E-state index contributed by atoms with van der Waals surface area (Å²) in [6.07, 6.45) is 0. The van der Waals surface area contributed by atoms with Crippen LogP contribution in [0, 0.1) is 0 Å². The second-order valence-electron chi connectivity index (χ2n) is 19.7. The molecule has 0 amide bonds. The topological polar surface area (TPSA) is 52.1 Å². The summed E-state index contributed by atoms with van der Waals surface area (Å²) in [5.74, 6) is 1.08. The minimum Gasteiger partial charge on any atom is -0.436 e. The van der Waals surface area contributed by atoms with Gasteiger partial charge in [-0.3, -0.25) is 0 Å². The van der Waals surface area contributed by atoms with Crippen LogP contribution in [0.5, 0.6) is 0 Å². The van der Waals surface area contributed by atoms with Gasteiger partial charge in [-0.15, -0.1) is 11.3 Å². The van der Waals surface area contributed by atoms with Crippen LogP contribution in [-0.2, 0) is 0 Å². The monoisotopic (exact) mass is 972 g/mol. The smallest absolute Gasteiger partial charge is 0.227 e. The molecular weight excluding hydrogens is 933 g/mol. The van der Waals surface area contributed by atoms with E-state index in [1.54, 1.807) is 0 Å². The Morgan fingerprint density at radius 2 is 0.693 bits per heavy atom. The quantitative estimate of drug-likeness (QED) is 0.156. The van der Waals surface area contributed by atoms with Gasteiger partial charge in [0.25, 0.3) is 0 Å². The summed E-state index contributed by atoms with van der Waals surface area (Å²) < 4.78 is 15.8. The first-order valence-electron chi connectivity index (χ1n) is 25.3. The highest BCUT2D eigenvalue weighted by molar-refractivity contribution is 7.25. The van der Waals surface area contributed by atoms with Crippen LogP contribution in [0.15, 0.2) is 251 Å². The fourth-order valence-electron chi connectivity index (χ4n) is 11.5. The molecule has 3 aromatic heterocycles. The molecule has 13 aromatic carbocycles. The lowest BCUT2D eigenvalue weighted by atomic mass is 9.90. The molecule has 348 valence electrons. The second-order valence-corrected chi connectivity index (χ2v) is 20.7. The van der Waals surface area contributed by atoms with Gasteiger partial charge in [0.05, 0.1) is 0 Å². The maximum Gasteiger partial charge on any atom is 0.227 e. The standard InChI is InChI=1S/C70H40N2O2S/c1-2-13-53-41(10-1)20-21-42-22-23-47(36-60(42)53)50-33-51(69-71-63-17-6-7-18-65(63)73-69)35-52(34-50)70-72-64-31-27-48(39-66(64)74-70)46-25-29-57-56-28-24-45(37-61(56)54-14-3-4-15-55(54)62(57)38-46)43-11-9-12-44(32-43)49-26-30-59-58-16-5-8-19-67(58)75-68(59)40-49/h1-40H. The van der Waals surface area contributed by atoms with Crippen molar-refractivity contribution in [3.63, 3.8) is 0 Å². The molecule has 0 spiro atoms. The van der Waals surface area contributed by atoms with E-state index in [2.05, 4.69) is 218 Å². The van der Waals surface area contributed by atoms with Gasteiger partial charge in [0, 0.05) is 31.3 Å². The fourth-order valence-corrected chi connectivity index (χ4v) is 12.7. The number of fused-ring (bicyclic) bond motifs is 14. The molecular formula is C70H40N2O2S. The molecule has 0 saturated heterocycles. The SMILES string of the molecule is c1cc(-c2ccc3c(c2)sc2ccccc23)cc(-c2ccc3c4ccc(-c5ccc6nc(-c7cc(-c8ccc9ccc%10ccccc%10c9c8)cc(-c8nc9ccccc9o8)c7)oc6c5)cc4c4ccccc4c3c2)c1. The van der Waals surface area contributed by atoms with Crippen LogP contribution in [0.3, 0.4) is 0 Å². The molecule has 0 saturated carbocycles. The number of oxazole rings is 2. The van der Waals surface area contributed by atoms with Crippen LogP contribution in [-0.4, -0.2) is 9.97 Å². The van der Waals surface area contributed by atoms with Crippen LogP contribution in [0.25, 0.3) is 164 Å². The van der Waals surface area contributed by atoms with Gasteiger partial charge in [-0.25, -0.2) is 9.97 Å². The summed E-state index contributed by atoms with van der Waals surface area (Å²) in [6, 6.07) is 87.4. The molecule has 4 nitrogen and oxygen atoms in total. The number of hydrogen-bond acceptors (Lipinski definition) is 5. The largest absolute Gasteiger partial charge is 0.436 e. The summed E-state index contributed by atoms with van der Waals surface area (Å²) in [5.41, 5.74) is 13.8. The van der Waals surface area contributed by atoms with Crippen molar-refractivity contribution in [2.45, 2.75) is 0 Å². The molecule has 0 radical (unpaired) electrons. The van der Waals surface area contributed by atoms with Gasteiger partial charge in [-0.1, -0.05) is 164 Å². The first-order valence-corrected chi connectivity index (χ1v) is 26.1. The number of nitrogens with zero attached hydrogens (tertiary/aromatic N) is 2. The normalized spacial score (nSPS) is 12.0.